The third-order valence-electron chi connectivity index (χ3n) is 5.76. The van der Waals surface area contributed by atoms with Gasteiger partial charge >= 0.3 is 0 Å². The Morgan fingerprint density at radius 3 is 2.35 bits per heavy atom. The molecule has 0 aliphatic carbocycles. The zero-order valence-corrected chi connectivity index (χ0v) is 19.2. The van der Waals surface area contributed by atoms with Gasteiger partial charge in [-0.3, -0.25) is 4.79 Å². The second-order valence-electron chi connectivity index (χ2n) is 8.36. The lowest BCUT2D eigenvalue weighted by Gasteiger charge is -2.34. The Labute approximate surface area is 197 Å². The van der Waals surface area contributed by atoms with Crippen LogP contribution in [0.2, 0.25) is 0 Å². The van der Waals surface area contributed by atoms with Crippen molar-refractivity contribution in [1.29, 1.82) is 0 Å². The number of hydrogen-bond acceptors (Lipinski definition) is 7. The van der Waals surface area contributed by atoms with Crippen LogP contribution in [0.25, 0.3) is 11.0 Å². The van der Waals surface area contributed by atoms with E-state index in [0.717, 1.165) is 37.3 Å². The van der Waals surface area contributed by atoms with E-state index in [1.54, 1.807) is 30.5 Å². The van der Waals surface area contributed by atoms with Gasteiger partial charge in [0.1, 0.15) is 11.4 Å². The van der Waals surface area contributed by atoms with Crippen LogP contribution >= 0.6 is 0 Å². The fraction of sp³-hybridized carbons (Fsp3) is 0.240. The molecule has 0 saturated carbocycles. The van der Waals surface area contributed by atoms with Gasteiger partial charge in [-0.15, -0.1) is 0 Å². The van der Waals surface area contributed by atoms with Gasteiger partial charge in [-0.1, -0.05) is 0 Å². The summed E-state index contributed by atoms with van der Waals surface area (Å²) < 4.78 is 6.06. The Kier molecular flexibility index (Phi) is 6.01. The predicted octanol–water partition coefficient (Wildman–Crippen LogP) is 4.20. The summed E-state index contributed by atoms with van der Waals surface area (Å²) in [6.45, 7) is 5.68. The average molecular weight is 458 g/mol. The number of amides is 1. The Morgan fingerprint density at radius 1 is 0.941 bits per heavy atom. The molecule has 9 nitrogen and oxygen atoms in total. The summed E-state index contributed by atoms with van der Waals surface area (Å²) in [5.41, 5.74) is 3.49. The standard InChI is InChI=1S/C25H27N7O2/c1-17(33)27-18-5-9-21(10-6-18)34-24-22-11-12-26-23(22)29-25(30-24)28-19-3-7-20(8-4-19)32-15-13-31(2)14-16-32/h3-12H,13-16H2,1-2H3,(H,27,33)(H2,26,28,29,30). The molecule has 5 rings (SSSR count). The molecule has 0 radical (unpaired) electrons. The third-order valence-corrected chi connectivity index (χ3v) is 5.76. The van der Waals surface area contributed by atoms with Crippen molar-refractivity contribution in [3.63, 3.8) is 0 Å². The normalized spacial score (nSPS) is 14.2. The first-order valence-corrected chi connectivity index (χ1v) is 11.2. The molecule has 1 fully saturated rings. The molecule has 174 valence electrons. The largest absolute Gasteiger partial charge is 0.438 e. The van der Waals surface area contributed by atoms with E-state index in [-0.39, 0.29) is 5.91 Å². The maximum atomic E-state index is 11.2. The van der Waals surface area contributed by atoms with E-state index in [2.05, 4.69) is 54.6 Å². The fourth-order valence-corrected chi connectivity index (χ4v) is 3.92. The summed E-state index contributed by atoms with van der Waals surface area (Å²) in [5, 5.41) is 6.81. The number of aromatic nitrogens is 3. The molecule has 1 aliphatic heterocycles. The maximum absolute atomic E-state index is 11.2. The highest BCUT2D eigenvalue weighted by Gasteiger charge is 2.15. The third kappa shape index (κ3) is 4.94. The second kappa shape index (κ2) is 9.40. The van der Waals surface area contributed by atoms with Crippen molar-refractivity contribution in [2.75, 3.05) is 48.8 Å². The van der Waals surface area contributed by atoms with Crippen molar-refractivity contribution >= 4 is 40.0 Å². The first-order chi connectivity index (χ1) is 16.5. The van der Waals surface area contributed by atoms with Crippen LogP contribution in [0, 0.1) is 0 Å². The van der Waals surface area contributed by atoms with Gasteiger partial charge in [0.2, 0.25) is 17.7 Å². The molecule has 9 heteroatoms. The molecule has 1 saturated heterocycles. The van der Waals surface area contributed by atoms with Gasteiger partial charge in [-0.25, -0.2) is 0 Å². The zero-order valence-electron chi connectivity index (χ0n) is 19.2. The molecule has 34 heavy (non-hydrogen) atoms. The number of benzene rings is 2. The van der Waals surface area contributed by atoms with E-state index in [0.29, 0.717) is 28.9 Å². The van der Waals surface area contributed by atoms with Crippen LogP contribution in [0.1, 0.15) is 6.92 Å². The minimum atomic E-state index is -0.120. The number of likely N-dealkylation sites (N-methyl/N-ethyl adjacent to an activating group) is 1. The summed E-state index contributed by atoms with van der Waals surface area (Å²) >= 11 is 0. The van der Waals surface area contributed by atoms with Gasteiger partial charge in [0.25, 0.3) is 0 Å². The highest BCUT2D eigenvalue weighted by Crippen LogP contribution is 2.30. The van der Waals surface area contributed by atoms with Crippen molar-refractivity contribution in [3.05, 3.63) is 60.8 Å². The molecule has 2 aromatic carbocycles. The number of carbonyl (C=O) groups excluding carboxylic acids is 1. The number of rotatable bonds is 6. The monoisotopic (exact) mass is 457 g/mol. The molecule has 0 spiro atoms. The molecule has 1 aliphatic rings. The van der Waals surface area contributed by atoms with Crippen LogP contribution in [0.3, 0.4) is 0 Å². The number of nitrogens with zero attached hydrogens (tertiary/aromatic N) is 4. The fourth-order valence-electron chi connectivity index (χ4n) is 3.92. The molecule has 0 bridgehead atoms. The van der Waals surface area contributed by atoms with Crippen LogP contribution in [0.4, 0.5) is 23.0 Å². The number of fused-ring (bicyclic) bond motifs is 1. The molecule has 3 heterocycles. The van der Waals surface area contributed by atoms with E-state index in [1.807, 2.05) is 18.2 Å². The first-order valence-electron chi connectivity index (χ1n) is 11.2. The summed E-state index contributed by atoms with van der Waals surface area (Å²) in [6.07, 6.45) is 1.81. The van der Waals surface area contributed by atoms with E-state index in [4.69, 9.17) is 4.74 Å². The van der Waals surface area contributed by atoms with E-state index < -0.39 is 0 Å². The van der Waals surface area contributed by atoms with Crippen LogP contribution in [0.15, 0.2) is 60.8 Å². The van der Waals surface area contributed by atoms with Gasteiger partial charge < -0.3 is 30.2 Å². The number of piperazine rings is 1. The molecule has 2 aromatic heterocycles. The van der Waals surface area contributed by atoms with Gasteiger partial charge in [0.15, 0.2) is 0 Å². The Bertz CT molecular complexity index is 1280. The zero-order chi connectivity index (χ0) is 23.5. The summed E-state index contributed by atoms with van der Waals surface area (Å²) in [5.74, 6) is 1.37. The first kappa shape index (κ1) is 21.7. The van der Waals surface area contributed by atoms with Gasteiger partial charge in [-0.2, -0.15) is 9.97 Å². The summed E-state index contributed by atoms with van der Waals surface area (Å²) in [6, 6.07) is 17.3. The topological polar surface area (TPSA) is 98.4 Å². The van der Waals surface area contributed by atoms with Crippen LogP contribution < -0.4 is 20.3 Å². The lowest BCUT2D eigenvalue weighted by atomic mass is 10.2. The van der Waals surface area contributed by atoms with Crippen LogP contribution in [0.5, 0.6) is 11.6 Å². The van der Waals surface area contributed by atoms with Crippen LogP contribution in [-0.4, -0.2) is 59.0 Å². The van der Waals surface area contributed by atoms with Crippen molar-refractivity contribution < 1.29 is 9.53 Å². The van der Waals surface area contributed by atoms with E-state index in [9.17, 15) is 4.79 Å². The van der Waals surface area contributed by atoms with Crippen molar-refractivity contribution in [1.82, 2.24) is 19.9 Å². The van der Waals surface area contributed by atoms with E-state index >= 15 is 0 Å². The highest BCUT2D eigenvalue weighted by atomic mass is 16.5. The molecule has 0 unspecified atom stereocenters. The van der Waals surface area contributed by atoms with E-state index in [1.165, 1.54) is 12.6 Å². The lowest BCUT2D eigenvalue weighted by molar-refractivity contribution is -0.114. The summed E-state index contributed by atoms with van der Waals surface area (Å²) in [7, 11) is 2.16. The quantitative estimate of drug-likeness (QED) is 0.399. The molecular weight excluding hydrogens is 430 g/mol. The van der Waals surface area contributed by atoms with Gasteiger partial charge in [0, 0.05) is 56.4 Å². The Hall–Kier alpha value is -4.11. The summed E-state index contributed by atoms with van der Waals surface area (Å²) in [4.78, 5) is 28.3. The van der Waals surface area contributed by atoms with Crippen molar-refractivity contribution in [2.45, 2.75) is 6.92 Å². The number of anilines is 4. The van der Waals surface area contributed by atoms with Crippen molar-refractivity contribution in [2.24, 2.45) is 0 Å². The SMILES string of the molecule is CC(=O)Nc1ccc(Oc2nc(Nc3ccc(N4CCN(C)CC4)cc3)nc3[nH]ccc23)cc1. The number of H-pyrrole nitrogens is 1. The Balaban J connectivity index is 1.33. The van der Waals surface area contributed by atoms with Gasteiger partial charge in [-0.05, 0) is 61.6 Å². The number of aromatic amines is 1. The predicted molar refractivity (Wildman–Crippen MR) is 134 cm³/mol. The average Bonchev–Trinajstić information content (AvgIpc) is 3.30. The lowest BCUT2D eigenvalue weighted by Crippen LogP contribution is -2.44. The number of ether oxygens (including phenoxy) is 1. The maximum Gasteiger partial charge on any atom is 0.233 e. The molecule has 3 N–H and O–H groups in total. The van der Waals surface area contributed by atoms with Crippen molar-refractivity contribution in [3.8, 4) is 11.6 Å². The molecular formula is C25H27N7O2. The number of hydrogen-bond donors (Lipinski definition) is 3. The minimum Gasteiger partial charge on any atom is -0.438 e. The molecule has 1 amide bonds. The minimum absolute atomic E-state index is 0.120. The number of nitrogens with one attached hydrogen (secondary N) is 3. The molecule has 4 aromatic rings. The number of carbonyl (C=O) groups is 1. The van der Waals surface area contributed by atoms with Crippen LogP contribution in [-0.2, 0) is 4.79 Å². The highest BCUT2D eigenvalue weighted by molar-refractivity contribution is 5.88. The smallest absolute Gasteiger partial charge is 0.233 e. The Morgan fingerprint density at radius 2 is 1.65 bits per heavy atom. The second-order valence-corrected chi connectivity index (χ2v) is 8.36. The van der Waals surface area contributed by atoms with Gasteiger partial charge in [0.05, 0.1) is 5.39 Å². The molecule has 0 atom stereocenters.